The molecular formula is C37H42F2N4O4. The van der Waals surface area contributed by atoms with Gasteiger partial charge in [-0.25, -0.2) is 18.7 Å². The van der Waals surface area contributed by atoms with Crippen LogP contribution in [0.15, 0.2) is 67.5 Å². The number of carbonyl (C=O) groups excluding carboxylic acids is 1. The van der Waals surface area contributed by atoms with Gasteiger partial charge in [-0.3, -0.25) is 4.79 Å². The molecule has 1 atom stereocenters. The smallest absolute Gasteiger partial charge is 0.245 e. The molecule has 1 fully saturated rings. The van der Waals surface area contributed by atoms with E-state index in [2.05, 4.69) is 42.6 Å². The van der Waals surface area contributed by atoms with E-state index >= 15 is 0 Å². The molecule has 0 bridgehead atoms. The lowest BCUT2D eigenvalue weighted by Gasteiger charge is -2.32. The Kier molecular flexibility index (Phi) is 10.9. The van der Waals surface area contributed by atoms with Crippen LogP contribution in [0.25, 0.3) is 22.0 Å². The van der Waals surface area contributed by atoms with Gasteiger partial charge in [0, 0.05) is 49.0 Å². The number of fused-ring (bicyclic) bond motifs is 1. The summed E-state index contributed by atoms with van der Waals surface area (Å²) in [4.78, 5) is 23.0. The van der Waals surface area contributed by atoms with Crippen molar-refractivity contribution in [2.24, 2.45) is 5.92 Å². The molecule has 5 rings (SSSR count). The lowest BCUT2D eigenvalue weighted by atomic mass is 10.0. The number of rotatable bonds is 13. The Hall–Kier alpha value is -4.73. The van der Waals surface area contributed by atoms with Gasteiger partial charge in [0.2, 0.25) is 5.91 Å². The molecule has 4 aromatic rings. The molecule has 1 amide bonds. The number of hydrogen-bond donors (Lipinski definition) is 1. The summed E-state index contributed by atoms with van der Waals surface area (Å²) in [6.45, 7) is 11.3. The van der Waals surface area contributed by atoms with E-state index in [1.165, 1.54) is 24.5 Å². The van der Waals surface area contributed by atoms with Crippen molar-refractivity contribution in [1.29, 1.82) is 0 Å². The zero-order valence-electron chi connectivity index (χ0n) is 27.4. The number of carbonyl (C=O) groups is 1. The van der Waals surface area contributed by atoms with Crippen LogP contribution >= 0.6 is 0 Å². The molecule has 1 aliphatic heterocycles. The third kappa shape index (κ3) is 8.17. The topological polar surface area (TPSA) is 85.8 Å². The normalized spacial score (nSPS) is 14.2. The van der Waals surface area contributed by atoms with E-state index in [0.29, 0.717) is 77.1 Å². The summed E-state index contributed by atoms with van der Waals surface area (Å²) in [6.07, 6.45) is 6.81. The molecule has 1 unspecified atom stereocenters. The lowest BCUT2D eigenvalue weighted by Crippen LogP contribution is -2.41. The zero-order chi connectivity index (χ0) is 33.5. The van der Waals surface area contributed by atoms with E-state index in [1.54, 1.807) is 30.2 Å². The van der Waals surface area contributed by atoms with Gasteiger partial charge in [-0.05, 0) is 60.7 Å². The molecule has 47 heavy (non-hydrogen) atoms. The molecule has 1 aromatic heterocycles. The van der Waals surface area contributed by atoms with Crippen LogP contribution in [-0.2, 0) is 4.79 Å². The van der Waals surface area contributed by atoms with E-state index in [4.69, 9.17) is 14.2 Å². The molecular weight excluding hydrogens is 602 g/mol. The van der Waals surface area contributed by atoms with Crippen molar-refractivity contribution in [3.05, 3.63) is 79.1 Å². The number of piperidine rings is 1. The van der Waals surface area contributed by atoms with Crippen molar-refractivity contribution in [3.63, 3.8) is 0 Å². The van der Waals surface area contributed by atoms with Gasteiger partial charge in [-0.2, -0.15) is 0 Å². The second-order valence-electron chi connectivity index (χ2n) is 12.2. The fourth-order valence-electron chi connectivity index (χ4n) is 5.93. The Morgan fingerprint density at radius 2 is 1.85 bits per heavy atom. The summed E-state index contributed by atoms with van der Waals surface area (Å²) in [6, 6.07) is 12.4. The van der Waals surface area contributed by atoms with Crippen LogP contribution in [-0.4, -0.2) is 53.2 Å². The van der Waals surface area contributed by atoms with Gasteiger partial charge in [0.1, 0.15) is 35.6 Å². The van der Waals surface area contributed by atoms with Crippen LogP contribution in [0.1, 0.15) is 52.9 Å². The highest BCUT2D eigenvalue weighted by molar-refractivity contribution is 5.94. The molecule has 1 aliphatic rings. The Morgan fingerprint density at radius 3 is 2.53 bits per heavy atom. The van der Waals surface area contributed by atoms with Crippen molar-refractivity contribution in [1.82, 2.24) is 14.9 Å². The minimum Gasteiger partial charge on any atom is -0.495 e. The van der Waals surface area contributed by atoms with E-state index in [1.807, 2.05) is 12.1 Å². The van der Waals surface area contributed by atoms with Gasteiger partial charge in [-0.15, -0.1) is 0 Å². The van der Waals surface area contributed by atoms with Crippen molar-refractivity contribution < 1.29 is 27.8 Å². The summed E-state index contributed by atoms with van der Waals surface area (Å²) >= 11 is 0. The predicted molar refractivity (Wildman–Crippen MR) is 180 cm³/mol. The predicted octanol–water partition coefficient (Wildman–Crippen LogP) is 8.48. The molecule has 0 spiro atoms. The monoisotopic (exact) mass is 644 g/mol. The quantitative estimate of drug-likeness (QED) is 0.146. The molecule has 0 saturated carbocycles. The molecule has 10 heteroatoms. The van der Waals surface area contributed by atoms with Gasteiger partial charge in [-0.1, -0.05) is 39.8 Å². The van der Waals surface area contributed by atoms with Crippen molar-refractivity contribution in [2.45, 2.75) is 65.1 Å². The fourth-order valence-corrected chi connectivity index (χ4v) is 5.93. The lowest BCUT2D eigenvalue weighted by molar-refractivity contribution is -0.127. The van der Waals surface area contributed by atoms with Gasteiger partial charge in [0.05, 0.1) is 24.4 Å². The Bertz CT molecular complexity index is 1720. The molecule has 0 aliphatic carbocycles. The standard InChI is InChI=1S/C37H42F2N4O4/c1-6-8-27(17-23(3)4)47-35-21-31-29(20-34(35)46-26-13-15-43(16-14-26)36(44)7-2)37(41-22-40-31)42-32-18-24(9-12-33(32)45-5)28-11-10-25(38)19-30(28)39/h7,9-12,18-23,26-27H,2,6,8,13-17H2,1,3-5H3,(H,40,41,42). The first-order valence-electron chi connectivity index (χ1n) is 16.1. The number of benzene rings is 3. The fraction of sp³-hybridized carbons (Fsp3) is 0.378. The number of methoxy groups -OCH3 is 1. The van der Waals surface area contributed by atoms with Crippen LogP contribution in [0.3, 0.4) is 0 Å². The van der Waals surface area contributed by atoms with Crippen LogP contribution in [0.2, 0.25) is 0 Å². The van der Waals surface area contributed by atoms with Gasteiger partial charge < -0.3 is 24.4 Å². The average Bonchev–Trinajstić information content (AvgIpc) is 3.05. The average molecular weight is 645 g/mol. The summed E-state index contributed by atoms with van der Waals surface area (Å²) in [5.41, 5.74) is 1.98. The van der Waals surface area contributed by atoms with E-state index in [9.17, 15) is 13.6 Å². The van der Waals surface area contributed by atoms with Crippen LogP contribution in [0.5, 0.6) is 17.2 Å². The number of halogens is 2. The minimum absolute atomic E-state index is 0.00477. The van der Waals surface area contributed by atoms with Crippen molar-refractivity contribution in [2.75, 3.05) is 25.5 Å². The maximum atomic E-state index is 14.7. The maximum Gasteiger partial charge on any atom is 0.245 e. The Labute approximate surface area is 274 Å². The zero-order valence-corrected chi connectivity index (χ0v) is 27.4. The molecule has 1 saturated heterocycles. The largest absolute Gasteiger partial charge is 0.495 e. The van der Waals surface area contributed by atoms with Gasteiger partial charge >= 0.3 is 0 Å². The van der Waals surface area contributed by atoms with Crippen LogP contribution in [0.4, 0.5) is 20.3 Å². The number of hydrogen-bond acceptors (Lipinski definition) is 7. The molecule has 3 aromatic carbocycles. The van der Waals surface area contributed by atoms with Crippen LogP contribution in [0, 0.1) is 17.6 Å². The Morgan fingerprint density at radius 1 is 1.06 bits per heavy atom. The number of amides is 1. The van der Waals surface area contributed by atoms with Crippen molar-refractivity contribution in [3.8, 4) is 28.4 Å². The first-order valence-corrected chi connectivity index (χ1v) is 16.1. The minimum atomic E-state index is -0.665. The van der Waals surface area contributed by atoms with Gasteiger partial charge in [0.15, 0.2) is 11.5 Å². The number of nitrogens with one attached hydrogen (secondary N) is 1. The van der Waals surface area contributed by atoms with Gasteiger partial charge in [0.25, 0.3) is 0 Å². The molecule has 8 nitrogen and oxygen atoms in total. The summed E-state index contributed by atoms with van der Waals surface area (Å²) < 4.78 is 47.2. The number of ether oxygens (including phenoxy) is 3. The number of anilines is 2. The second kappa shape index (κ2) is 15.2. The summed E-state index contributed by atoms with van der Waals surface area (Å²) in [5, 5.41) is 4.03. The third-order valence-corrected chi connectivity index (χ3v) is 8.26. The second-order valence-corrected chi connectivity index (χ2v) is 12.2. The molecule has 0 radical (unpaired) electrons. The van der Waals surface area contributed by atoms with E-state index in [-0.39, 0.29) is 23.7 Å². The third-order valence-electron chi connectivity index (χ3n) is 8.26. The molecule has 2 heterocycles. The van der Waals surface area contributed by atoms with Crippen molar-refractivity contribution >= 4 is 28.3 Å². The molecule has 248 valence electrons. The highest BCUT2D eigenvalue weighted by atomic mass is 19.1. The number of likely N-dealkylation sites (tertiary alicyclic amines) is 1. The first kappa shape index (κ1) is 33.6. The van der Waals surface area contributed by atoms with E-state index < -0.39 is 11.6 Å². The number of aromatic nitrogens is 2. The SMILES string of the molecule is C=CC(=O)N1CCC(Oc2cc3c(Nc4cc(-c5ccc(F)cc5F)ccc4OC)ncnc3cc2OC(CCC)CC(C)C)CC1. The van der Waals surface area contributed by atoms with Crippen LogP contribution < -0.4 is 19.5 Å². The summed E-state index contributed by atoms with van der Waals surface area (Å²) in [7, 11) is 1.55. The maximum absolute atomic E-state index is 14.7. The highest BCUT2D eigenvalue weighted by Crippen LogP contribution is 2.40. The van der Waals surface area contributed by atoms with E-state index in [0.717, 1.165) is 25.3 Å². The first-order chi connectivity index (χ1) is 22.7. The Balaban J connectivity index is 1.52. The number of nitrogens with zero attached hydrogens (tertiary/aromatic N) is 3. The highest BCUT2D eigenvalue weighted by Gasteiger charge is 2.25. The summed E-state index contributed by atoms with van der Waals surface area (Å²) in [5.74, 6) is 1.24. The molecule has 1 N–H and O–H groups in total.